The van der Waals surface area contributed by atoms with Gasteiger partial charge in [-0.05, 0) is 38.5 Å². The standard InChI is InChI=1S/C56H101NO18/c1-3-5-7-9-11-13-15-16-17-18-19-20-21-22-23-24-26-28-30-32-34-44(62)57-39(40(61)33-31-29-27-25-14-12-10-8-6-4-2)38-70-54-50(68)47(65)52(42(36-59)72-54)75-56-51(69)48(66)53(43(37-60)73-56)74-55-49(67)46(64)45(63)41(35-58)71-55/h6,8,14,25,31,33,39-43,45-56,58-61,63-69H,3-5,7,9-13,15-24,26-30,32,34-38H2,1-2H3,(H,57,62)/b8-6+,25-14+,33-31+. The van der Waals surface area contributed by atoms with Gasteiger partial charge in [0.25, 0.3) is 0 Å². The van der Waals surface area contributed by atoms with Crippen molar-refractivity contribution in [2.45, 2.75) is 285 Å². The third kappa shape index (κ3) is 24.9. The zero-order valence-electron chi connectivity index (χ0n) is 45.3. The van der Waals surface area contributed by atoms with Crippen LogP contribution in [0, 0.1) is 0 Å². The van der Waals surface area contributed by atoms with Gasteiger partial charge in [0.1, 0.15) is 73.2 Å². The molecular weight excluding hydrogens is 975 g/mol. The Morgan fingerprint density at radius 1 is 0.480 bits per heavy atom. The SMILES string of the molecule is CC/C=C/CC/C=C/CC/C=C/C(O)C(COC1OC(CO)C(OC2OC(CO)C(OC3OC(CO)C(O)C(O)C3O)C(O)C2O)C(O)C1O)NC(=O)CCCCCCCCCCCCCCCCCCCCCC. The summed E-state index contributed by atoms with van der Waals surface area (Å²) in [6.07, 6.45) is 14.5. The first-order valence-electron chi connectivity index (χ1n) is 28.7. The summed E-state index contributed by atoms with van der Waals surface area (Å²) < 4.78 is 34.1. The summed E-state index contributed by atoms with van der Waals surface area (Å²) in [4.78, 5) is 13.3. The highest BCUT2D eigenvalue weighted by Gasteiger charge is 2.53. The van der Waals surface area contributed by atoms with E-state index in [0.717, 1.165) is 44.9 Å². The molecule has 17 unspecified atom stereocenters. The number of amides is 1. The van der Waals surface area contributed by atoms with Gasteiger partial charge in [-0.25, -0.2) is 0 Å². The number of allylic oxidation sites excluding steroid dienone is 5. The lowest BCUT2D eigenvalue weighted by Gasteiger charge is -2.48. The Bertz CT molecular complexity index is 1520. The molecule has 19 heteroatoms. The summed E-state index contributed by atoms with van der Waals surface area (Å²) >= 11 is 0. The van der Waals surface area contributed by atoms with Crippen LogP contribution in [0.25, 0.3) is 0 Å². The van der Waals surface area contributed by atoms with Crippen molar-refractivity contribution in [3.8, 4) is 0 Å². The second kappa shape index (κ2) is 40.2. The number of hydrogen-bond donors (Lipinski definition) is 12. The first kappa shape index (κ1) is 67.3. The number of hydrogen-bond acceptors (Lipinski definition) is 18. The average molecular weight is 1080 g/mol. The molecule has 19 nitrogen and oxygen atoms in total. The zero-order chi connectivity index (χ0) is 54.8. The van der Waals surface area contributed by atoms with Gasteiger partial charge >= 0.3 is 0 Å². The Hall–Kier alpha value is -1.99. The number of aliphatic hydroxyl groups is 11. The monoisotopic (exact) mass is 1080 g/mol. The fourth-order valence-corrected chi connectivity index (χ4v) is 9.70. The van der Waals surface area contributed by atoms with Crippen LogP contribution in [0.15, 0.2) is 36.5 Å². The van der Waals surface area contributed by atoms with Crippen LogP contribution in [0.5, 0.6) is 0 Å². The third-order valence-electron chi connectivity index (χ3n) is 14.4. The Morgan fingerprint density at radius 3 is 1.32 bits per heavy atom. The van der Waals surface area contributed by atoms with Crippen molar-refractivity contribution < 1.29 is 89.4 Å². The van der Waals surface area contributed by atoms with Gasteiger partial charge < -0.3 is 89.9 Å². The predicted octanol–water partition coefficient (Wildman–Crippen LogP) is 4.15. The third-order valence-corrected chi connectivity index (χ3v) is 14.4. The van der Waals surface area contributed by atoms with Gasteiger partial charge in [0, 0.05) is 6.42 Å². The second-order valence-corrected chi connectivity index (χ2v) is 20.7. The Morgan fingerprint density at radius 2 is 0.867 bits per heavy atom. The van der Waals surface area contributed by atoms with Gasteiger partial charge in [0.05, 0.1) is 38.6 Å². The van der Waals surface area contributed by atoms with E-state index in [4.69, 9.17) is 28.4 Å². The molecule has 3 heterocycles. The van der Waals surface area contributed by atoms with Crippen LogP contribution in [0.2, 0.25) is 0 Å². The summed E-state index contributed by atoms with van der Waals surface area (Å²) in [7, 11) is 0. The summed E-state index contributed by atoms with van der Waals surface area (Å²) in [5.74, 6) is -0.291. The number of aliphatic hydroxyl groups excluding tert-OH is 11. The molecule has 3 rings (SSSR count). The minimum Gasteiger partial charge on any atom is -0.394 e. The zero-order valence-corrected chi connectivity index (χ0v) is 45.3. The van der Waals surface area contributed by atoms with E-state index in [2.05, 4.69) is 43.5 Å². The van der Waals surface area contributed by atoms with Crippen LogP contribution >= 0.6 is 0 Å². The lowest BCUT2D eigenvalue weighted by molar-refractivity contribution is -0.379. The molecule has 0 aromatic carbocycles. The van der Waals surface area contributed by atoms with Gasteiger partial charge in [0.15, 0.2) is 18.9 Å². The molecule has 0 spiro atoms. The summed E-state index contributed by atoms with van der Waals surface area (Å²) in [5, 5.41) is 120. The highest BCUT2D eigenvalue weighted by molar-refractivity contribution is 5.76. The van der Waals surface area contributed by atoms with Gasteiger partial charge in [0.2, 0.25) is 5.91 Å². The van der Waals surface area contributed by atoms with Crippen molar-refractivity contribution in [3.05, 3.63) is 36.5 Å². The molecular formula is C56H101NO18. The number of unbranched alkanes of at least 4 members (excludes halogenated alkanes) is 21. The van der Waals surface area contributed by atoms with Gasteiger partial charge in [-0.15, -0.1) is 0 Å². The van der Waals surface area contributed by atoms with Crippen LogP contribution in [-0.4, -0.2) is 193 Å². The number of carbonyl (C=O) groups is 1. The van der Waals surface area contributed by atoms with Crippen LogP contribution in [0.3, 0.4) is 0 Å². The maximum absolute atomic E-state index is 13.3. The van der Waals surface area contributed by atoms with Crippen molar-refractivity contribution in [2.24, 2.45) is 0 Å². The van der Waals surface area contributed by atoms with E-state index < -0.39 is 124 Å². The molecule has 0 bridgehead atoms. The van der Waals surface area contributed by atoms with Crippen LogP contribution in [-0.2, 0) is 33.2 Å². The summed E-state index contributed by atoms with van der Waals surface area (Å²) in [5.41, 5.74) is 0. The second-order valence-electron chi connectivity index (χ2n) is 20.7. The molecule has 438 valence electrons. The fourth-order valence-electron chi connectivity index (χ4n) is 9.70. The van der Waals surface area contributed by atoms with Crippen LogP contribution < -0.4 is 5.32 Å². The van der Waals surface area contributed by atoms with Crippen molar-refractivity contribution in [2.75, 3.05) is 26.4 Å². The molecule has 3 saturated heterocycles. The van der Waals surface area contributed by atoms with Gasteiger partial charge in [-0.3, -0.25) is 4.79 Å². The first-order chi connectivity index (χ1) is 36.3. The normalized spacial score (nSPS) is 31.5. The van der Waals surface area contributed by atoms with E-state index in [1.54, 1.807) is 6.08 Å². The summed E-state index contributed by atoms with van der Waals surface area (Å²) in [6, 6.07) is -0.991. The maximum Gasteiger partial charge on any atom is 0.220 e. The minimum absolute atomic E-state index is 0.235. The molecule has 0 aromatic heterocycles. The van der Waals surface area contributed by atoms with E-state index in [-0.39, 0.29) is 18.9 Å². The van der Waals surface area contributed by atoms with E-state index in [0.29, 0.717) is 12.8 Å². The quantitative estimate of drug-likeness (QED) is 0.0302. The molecule has 3 fully saturated rings. The van der Waals surface area contributed by atoms with Crippen LogP contribution in [0.1, 0.15) is 181 Å². The fraction of sp³-hybridized carbons (Fsp3) is 0.875. The molecule has 0 aliphatic carbocycles. The number of ether oxygens (including phenoxy) is 6. The Kier molecular flexibility index (Phi) is 36.1. The largest absolute Gasteiger partial charge is 0.394 e. The van der Waals surface area contributed by atoms with Gasteiger partial charge in [-0.2, -0.15) is 0 Å². The number of rotatable bonds is 41. The first-order valence-corrected chi connectivity index (χ1v) is 28.7. The molecule has 3 aliphatic heterocycles. The number of carbonyl (C=O) groups excluding carboxylic acids is 1. The predicted molar refractivity (Wildman–Crippen MR) is 282 cm³/mol. The van der Waals surface area contributed by atoms with E-state index in [9.17, 15) is 61.0 Å². The molecule has 0 aromatic rings. The Balaban J connectivity index is 1.48. The molecule has 12 N–H and O–H groups in total. The molecule has 17 atom stereocenters. The molecule has 0 radical (unpaired) electrons. The molecule has 0 saturated carbocycles. The van der Waals surface area contributed by atoms with Crippen molar-refractivity contribution in [3.63, 3.8) is 0 Å². The van der Waals surface area contributed by atoms with E-state index in [1.807, 2.05) is 6.08 Å². The summed E-state index contributed by atoms with van der Waals surface area (Å²) in [6.45, 7) is 1.56. The molecule has 1 amide bonds. The average Bonchev–Trinajstić information content (AvgIpc) is 3.41. The molecule has 3 aliphatic rings. The Labute approximate surface area is 447 Å². The van der Waals surface area contributed by atoms with Crippen molar-refractivity contribution in [1.82, 2.24) is 5.32 Å². The lowest BCUT2D eigenvalue weighted by atomic mass is 9.96. The van der Waals surface area contributed by atoms with Crippen molar-refractivity contribution in [1.29, 1.82) is 0 Å². The maximum atomic E-state index is 13.3. The molecule has 75 heavy (non-hydrogen) atoms. The van der Waals surface area contributed by atoms with Crippen LogP contribution in [0.4, 0.5) is 0 Å². The van der Waals surface area contributed by atoms with Crippen molar-refractivity contribution >= 4 is 5.91 Å². The highest BCUT2D eigenvalue weighted by Crippen LogP contribution is 2.33. The van der Waals surface area contributed by atoms with E-state index in [1.165, 1.54) is 103 Å². The topological polar surface area (TPSA) is 307 Å². The lowest BCUT2D eigenvalue weighted by Crippen LogP contribution is -2.66. The highest BCUT2D eigenvalue weighted by atomic mass is 16.8. The van der Waals surface area contributed by atoms with Gasteiger partial charge in [-0.1, -0.05) is 172 Å². The number of nitrogens with one attached hydrogen (secondary N) is 1. The van der Waals surface area contributed by atoms with E-state index >= 15 is 0 Å². The smallest absolute Gasteiger partial charge is 0.220 e. The minimum atomic E-state index is -1.98.